The van der Waals surface area contributed by atoms with Gasteiger partial charge in [0.05, 0.1) is 22.8 Å². The molecule has 0 bridgehead atoms. The van der Waals surface area contributed by atoms with Gasteiger partial charge in [0.1, 0.15) is 6.04 Å². The molecule has 7 nitrogen and oxygen atoms in total. The lowest BCUT2D eigenvalue weighted by molar-refractivity contribution is -0.385. The van der Waals surface area contributed by atoms with E-state index in [1.54, 1.807) is 37.1 Å². The molecule has 1 heterocycles. The van der Waals surface area contributed by atoms with Crippen LogP contribution < -0.4 is 5.43 Å². The standard InChI is InChI=1S/C21H21N3O4/c1-3-28-21(25)13-15(2)23-20(17-11-7-8-12-19(17)24(26)27)14-18(22-23)16-9-5-4-6-10-16/h4-14,20,22H,3H2,1-2H3/b15-13+/t20-/m0/s1. The second kappa shape index (κ2) is 8.39. The van der Waals surface area contributed by atoms with Crippen molar-refractivity contribution in [2.45, 2.75) is 19.9 Å². The molecular formula is C21H21N3O4. The van der Waals surface area contributed by atoms with Crippen LogP contribution in [0.3, 0.4) is 0 Å². The van der Waals surface area contributed by atoms with E-state index < -0.39 is 16.9 Å². The molecule has 1 aliphatic rings. The molecule has 3 rings (SSSR count). The number of nitro groups is 1. The highest BCUT2D eigenvalue weighted by Crippen LogP contribution is 2.37. The molecule has 0 saturated carbocycles. The molecule has 0 saturated heterocycles. The molecule has 1 aliphatic heterocycles. The van der Waals surface area contributed by atoms with Gasteiger partial charge in [-0.3, -0.25) is 20.5 Å². The second-order valence-corrected chi connectivity index (χ2v) is 6.23. The summed E-state index contributed by atoms with van der Waals surface area (Å²) in [4.78, 5) is 23.0. The van der Waals surface area contributed by atoms with Crippen LogP contribution in [-0.4, -0.2) is 22.5 Å². The molecule has 28 heavy (non-hydrogen) atoms. The molecule has 1 atom stereocenters. The number of hydrazine groups is 1. The van der Waals surface area contributed by atoms with Crippen molar-refractivity contribution in [3.8, 4) is 0 Å². The Morgan fingerprint density at radius 3 is 2.57 bits per heavy atom. The third-order valence-electron chi connectivity index (χ3n) is 4.37. The normalized spacial score (nSPS) is 16.4. The van der Waals surface area contributed by atoms with E-state index >= 15 is 0 Å². The zero-order valence-corrected chi connectivity index (χ0v) is 15.7. The number of para-hydroxylation sites is 1. The van der Waals surface area contributed by atoms with E-state index in [0.29, 0.717) is 11.3 Å². The Labute approximate surface area is 163 Å². The van der Waals surface area contributed by atoms with Crippen LogP contribution in [0.25, 0.3) is 5.70 Å². The fraction of sp³-hybridized carbons (Fsp3) is 0.190. The maximum absolute atomic E-state index is 11.9. The SMILES string of the molecule is CCOC(=O)/C=C(\C)N1NC(c2ccccc2)=C[C@H]1c1ccccc1[N+](=O)[O-]. The van der Waals surface area contributed by atoms with Gasteiger partial charge in [-0.1, -0.05) is 42.5 Å². The van der Waals surface area contributed by atoms with Crippen LogP contribution in [0.2, 0.25) is 0 Å². The first-order valence-corrected chi connectivity index (χ1v) is 8.92. The van der Waals surface area contributed by atoms with Crippen molar-refractivity contribution < 1.29 is 14.5 Å². The van der Waals surface area contributed by atoms with E-state index in [2.05, 4.69) is 5.43 Å². The quantitative estimate of drug-likeness (QED) is 0.354. The van der Waals surface area contributed by atoms with Crippen molar-refractivity contribution in [3.63, 3.8) is 0 Å². The number of carbonyl (C=O) groups excluding carboxylic acids is 1. The lowest BCUT2D eigenvalue weighted by atomic mass is 10.0. The summed E-state index contributed by atoms with van der Waals surface area (Å²) in [6, 6.07) is 15.8. The van der Waals surface area contributed by atoms with E-state index in [1.165, 1.54) is 12.1 Å². The first-order chi connectivity index (χ1) is 13.5. The summed E-state index contributed by atoms with van der Waals surface area (Å²) >= 11 is 0. The highest BCUT2D eigenvalue weighted by Gasteiger charge is 2.31. The molecule has 2 aromatic carbocycles. The molecule has 7 heteroatoms. The smallest absolute Gasteiger partial charge is 0.332 e. The molecule has 0 unspecified atom stereocenters. The van der Waals surface area contributed by atoms with Gasteiger partial charge < -0.3 is 4.74 Å². The van der Waals surface area contributed by atoms with Crippen LogP contribution in [0.5, 0.6) is 0 Å². The number of allylic oxidation sites excluding steroid dienone is 1. The van der Waals surface area contributed by atoms with Gasteiger partial charge in [0, 0.05) is 17.8 Å². The minimum absolute atomic E-state index is 0.0220. The lowest BCUT2D eigenvalue weighted by Crippen LogP contribution is -2.33. The van der Waals surface area contributed by atoms with Crippen LogP contribution in [0, 0.1) is 10.1 Å². The number of nitrogens with one attached hydrogen (secondary N) is 1. The summed E-state index contributed by atoms with van der Waals surface area (Å²) in [6.45, 7) is 3.77. The number of nitro benzene ring substituents is 1. The predicted molar refractivity (Wildman–Crippen MR) is 106 cm³/mol. The van der Waals surface area contributed by atoms with Gasteiger partial charge >= 0.3 is 5.97 Å². The number of carbonyl (C=O) groups is 1. The summed E-state index contributed by atoms with van der Waals surface area (Å²) in [5.41, 5.74) is 6.15. The fourth-order valence-corrected chi connectivity index (χ4v) is 3.11. The number of esters is 1. The van der Waals surface area contributed by atoms with Crippen molar-refractivity contribution in [1.82, 2.24) is 10.4 Å². The van der Waals surface area contributed by atoms with Gasteiger partial charge in [-0.2, -0.15) is 0 Å². The Morgan fingerprint density at radius 1 is 1.21 bits per heavy atom. The lowest BCUT2D eigenvalue weighted by Gasteiger charge is -2.28. The van der Waals surface area contributed by atoms with Gasteiger partial charge in [-0.05, 0) is 31.6 Å². The summed E-state index contributed by atoms with van der Waals surface area (Å²) in [5.74, 6) is -0.462. The van der Waals surface area contributed by atoms with Crippen LogP contribution in [0.1, 0.15) is 31.0 Å². The van der Waals surface area contributed by atoms with Gasteiger partial charge in [0.25, 0.3) is 5.69 Å². The number of hydrogen-bond donors (Lipinski definition) is 1. The van der Waals surface area contributed by atoms with Crippen molar-refractivity contribution in [3.05, 3.63) is 93.7 Å². The maximum Gasteiger partial charge on any atom is 0.332 e. The Balaban J connectivity index is 2.04. The number of rotatable bonds is 6. The fourth-order valence-electron chi connectivity index (χ4n) is 3.11. The van der Waals surface area contributed by atoms with Gasteiger partial charge in [0.15, 0.2) is 0 Å². The van der Waals surface area contributed by atoms with E-state index in [9.17, 15) is 14.9 Å². The average Bonchev–Trinajstić information content (AvgIpc) is 3.14. The third kappa shape index (κ3) is 4.03. The zero-order chi connectivity index (χ0) is 20.1. The number of ether oxygens (including phenoxy) is 1. The van der Waals surface area contributed by atoms with Crippen LogP contribution >= 0.6 is 0 Å². The van der Waals surface area contributed by atoms with Crippen molar-refractivity contribution in [2.24, 2.45) is 0 Å². The summed E-state index contributed by atoms with van der Waals surface area (Å²) in [6.07, 6.45) is 3.29. The minimum atomic E-state index is -0.462. The third-order valence-corrected chi connectivity index (χ3v) is 4.37. The number of nitrogens with zero attached hydrogens (tertiary/aromatic N) is 2. The molecule has 0 spiro atoms. The number of hydrogen-bond acceptors (Lipinski definition) is 6. The molecular weight excluding hydrogens is 358 g/mol. The van der Waals surface area contributed by atoms with Crippen molar-refractivity contribution in [1.29, 1.82) is 0 Å². The molecule has 0 amide bonds. The van der Waals surface area contributed by atoms with Crippen LogP contribution in [0.4, 0.5) is 5.69 Å². The summed E-state index contributed by atoms with van der Waals surface area (Å²) < 4.78 is 4.99. The molecule has 1 N–H and O–H groups in total. The van der Waals surface area contributed by atoms with E-state index in [-0.39, 0.29) is 12.3 Å². The molecule has 0 aliphatic carbocycles. The van der Waals surface area contributed by atoms with Gasteiger partial charge in [-0.25, -0.2) is 4.79 Å². The van der Waals surface area contributed by atoms with Crippen molar-refractivity contribution in [2.75, 3.05) is 6.61 Å². The average molecular weight is 379 g/mol. The Hall–Kier alpha value is -3.61. The van der Waals surface area contributed by atoms with E-state index in [1.807, 2.05) is 36.4 Å². The monoisotopic (exact) mass is 379 g/mol. The summed E-state index contributed by atoms with van der Waals surface area (Å²) in [7, 11) is 0. The van der Waals surface area contributed by atoms with Crippen molar-refractivity contribution >= 4 is 17.4 Å². The van der Waals surface area contributed by atoms with Crippen LogP contribution in [-0.2, 0) is 9.53 Å². The number of benzene rings is 2. The molecule has 2 aromatic rings. The van der Waals surface area contributed by atoms with Crippen LogP contribution in [0.15, 0.2) is 72.4 Å². The first-order valence-electron chi connectivity index (χ1n) is 8.92. The largest absolute Gasteiger partial charge is 0.463 e. The zero-order valence-electron chi connectivity index (χ0n) is 15.7. The topological polar surface area (TPSA) is 84.7 Å². The van der Waals surface area contributed by atoms with Gasteiger partial charge in [0.2, 0.25) is 0 Å². The molecule has 0 radical (unpaired) electrons. The molecule has 0 fully saturated rings. The Bertz CT molecular complexity index is 938. The van der Waals surface area contributed by atoms with E-state index in [4.69, 9.17) is 4.74 Å². The minimum Gasteiger partial charge on any atom is -0.463 e. The Morgan fingerprint density at radius 2 is 1.89 bits per heavy atom. The molecule has 0 aromatic heterocycles. The maximum atomic E-state index is 11.9. The van der Waals surface area contributed by atoms with Gasteiger partial charge in [-0.15, -0.1) is 0 Å². The highest BCUT2D eigenvalue weighted by molar-refractivity contribution is 5.82. The van der Waals surface area contributed by atoms with E-state index in [0.717, 1.165) is 11.3 Å². The first kappa shape index (κ1) is 19.2. The Kier molecular flexibility index (Phi) is 5.74. The summed E-state index contributed by atoms with van der Waals surface area (Å²) in [5, 5.41) is 13.3. The second-order valence-electron chi connectivity index (χ2n) is 6.23. The predicted octanol–water partition coefficient (Wildman–Crippen LogP) is 3.96. The highest BCUT2D eigenvalue weighted by atomic mass is 16.6. The molecule has 144 valence electrons.